The SMILES string of the molecule is COC1(C)CCN(C(=O)CC2CCN(c3ccc(S(C)=O)cc3NC(=O)c3cccc(Cl)c3)CC2)CC1. The van der Waals surface area contributed by atoms with Crippen LogP contribution in [0.2, 0.25) is 5.02 Å². The summed E-state index contributed by atoms with van der Waals surface area (Å²) < 4.78 is 17.7. The van der Waals surface area contributed by atoms with Crippen LogP contribution in [0.4, 0.5) is 11.4 Å². The van der Waals surface area contributed by atoms with Crippen molar-refractivity contribution in [2.45, 2.75) is 49.5 Å². The number of amides is 2. The van der Waals surface area contributed by atoms with Crippen LogP contribution in [0.1, 0.15) is 49.4 Å². The molecule has 7 nitrogen and oxygen atoms in total. The predicted molar refractivity (Wildman–Crippen MR) is 149 cm³/mol. The Labute approximate surface area is 226 Å². The van der Waals surface area contributed by atoms with Crippen LogP contribution in [-0.2, 0) is 20.3 Å². The molecule has 2 aromatic carbocycles. The fourth-order valence-corrected chi connectivity index (χ4v) is 5.82. The third-order valence-corrected chi connectivity index (χ3v) is 8.87. The van der Waals surface area contributed by atoms with Gasteiger partial charge in [-0.25, -0.2) is 0 Å². The zero-order valence-electron chi connectivity index (χ0n) is 21.8. The first-order valence-corrected chi connectivity index (χ1v) is 14.7. The average Bonchev–Trinajstić information content (AvgIpc) is 2.89. The van der Waals surface area contributed by atoms with Crippen LogP contribution in [0, 0.1) is 5.92 Å². The second-order valence-electron chi connectivity index (χ2n) is 10.3. The van der Waals surface area contributed by atoms with E-state index in [0.29, 0.717) is 33.5 Å². The predicted octanol–water partition coefficient (Wildman–Crippen LogP) is 4.96. The number of hydrogen-bond donors (Lipinski definition) is 1. The Kier molecular flexibility index (Phi) is 8.93. The molecule has 37 heavy (non-hydrogen) atoms. The third kappa shape index (κ3) is 6.92. The van der Waals surface area contributed by atoms with Crippen LogP contribution in [0.5, 0.6) is 0 Å². The number of nitrogens with zero attached hydrogens (tertiary/aromatic N) is 2. The molecule has 1 N–H and O–H groups in total. The number of piperidine rings is 2. The van der Waals surface area contributed by atoms with Crippen molar-refractivity contribution < 1.29 is 18.5 Å². The van der Waals surface area contributed by atoms with Crippen LogP contribution in [-0.4, -0.2) is 66.1 Å². The van der Waals surface area contributed by atoms with E-state index in [0.717, 1.165) is 57.5 Å². The second-order valence-corrected chi connectivity index (χ2v) is 12.1. The van der Waals surface area contributed by atoms with Gasteiger partial charge in [0.2, 0.25) is 5.91 Å². The molecular weight excluding hydrogens is 510 g/mol. The zero-order valence-corrected chi connectivity index (χ0v) is 23.4. The number of carbonyl (C=O) groups is 2. The highest BCUT2D eigenvalue weighted by Crippen LogP contribution is 2.33. The molecule has 200 valence electrons. The Bertz CT molecular complexity index is 1160. The number of methoxy groups -OCH3 is 1. The minimum Gasteiger partial charge on any atom is -0.378 e. The van der Waals surface area contributed by atoms with Crippen LogP contribution in [0.3, 0.4) is 0 Å². The molecule has 2 fully saturated rings. The number of likely N-dealkylation sites (tertiary alicyclic amines) is 1. The maximum atomic E-state index is 13.0. The van der Waals surface area contributed by atoms with Crippen molar-refractivity contribution in [1.29, 1.82) is 0 Å². The zero-order chi connectivity index (χ0) is 26.6. The molecule has 2 amide bonds. The topological polar surface area (TPSA) is 79.0 Å². The van der Waals surface area contributed by atoms with Gasteiger partial charge in [0.25, 0.3) is 5.91 Å². The molecule has 1 atom stereocenters. The van der Waals surface area contributed by atoms with Gasteiger partial charge in [-0.3, -0.25) is 13.8 Å². The maximum absolute atomic E-state index is 13.0. The number of halogens is 1. The summed E-state index contributed by atoms with van der Waals surface area (Å²) in [5.41, 5.74) is 1.86. The Balaban J connectivity index is 1.39. The van der Waals surface area contributed by atoms with E-state index >= 15 is 0 Å². The number of anilines is 2. The lowest BCUT2D eigenvalue weighted by Gasteiger charge is -2.39. The first-order chi connectivity index (χ1) is 17.7. The first kappa shape index (κ1) is 27.6. The molecule has 2 aromatic rings. The lowest BCUT2D eigenvalue weighted by Crippen LogP contribution is -2.46. The highest BCUT2D eigenvalue weighted by atomic mass is 35.5. The van der Waals surface area contributed by atoms with Gasteiger partial charge in [0.1, 0.15) is 0 Å². The van der Waals surface area contributed by atoms with Gasteiger partial charge in [-0.05, 0) is 74.9 Å². The molecular formula is C28H36ClN3O4S. The Morgan fingerprint density at radius 1 is 1.11 bits per heavy atom. The van der Waals surface area contributed by atoms with E-state index in [1.165, 1.54) is 0 Å². The molecule has 1 unspecified atom stereocenters. The minimum absolute atomic E-state index is 0.123. The molecule has 0 bridgehead atoms. The third-order valence-electron chi connectivity index (χ3n) is 7.72. The highest BCUT2D eigenvalue weighted by molar-refractivity contribution is 7.84. The van der Waals surface area contributed by atoms with E-state index in [4.69, 9.17) is 16.3 Å². The van der Waals surface area contributed by atoms with Gasteiger partial charge in [-0.1, -0.05) is 17.7 Å². The number of nitrogens with one attached hydrogen (secondary N) is 1. The van der Waals surface area contributed by atoms with Crippen molar-refractivity contribution in [1.82, 2.24) is 4.90 Å². The monoisotopic (exact) mass is 545 g/mol. The van der Waals surface area contributed by atoms with Crippen molar-refractivity contribution in [3.8, 4) is 0 Å². The van der Waals surface area contributed by atoms with Crippen LogP contribution in [0.25, 0.3) is 0 Å². The number of rotatable bonds is 7. The molecule has 2 heterocycles. The fraction of sp³-hybridized carbons (Fsp3) is 0.500. The van der Waals surface area contributed by atoms with Crippen molar-refractivity contribution in [3.63, 3.8) is 0 Å². The summed E-state index contributed by atoms with van der Waals surface area (Å²) in [6.45, 7) is 5.19. The van der Waals surface area contributed by atoms with Gasteiger partial charge in [0, 0.05) is 72.2 Å². The molecule has 9 heteroatoms. The Morgan fingerprint density at radius 2 is 1.81 bits per heavy atom. The molecule has 0 aliphatic carbocycles. The summed E-state index contributed by atoms with van der Waals surface area (Å²) in [7, 11) is 0.568. The number of carbonyl (C=O) groups excluding carboxylic acids is 2. The quantitative estimate of drug-likeness (QED) is 0.532. The fourth-order valence-electron chi connectivity index (χ4n) is 5.08. The summed E-state index contributed by atoms with van der Waals surface area (Å²) in [6, 6.07) is 12.4. The van der Waals surface area contributed by atoms with E-state index in [1.807, 2.05) is 17.0 Å². The molecule has 4 rings (SSSR count). The van der Waals surface area contributed by atoms with Crippen LogP contribution >= 0.6 is 11.6 Å². The van der Waals surface area contributed by atoms with E-state index in [1.54, 1.807) is 43.7 Å². The molecule has 0 saturated carbocycles. The molecule has 0 aromatic heterocycles. The lowest BCUT2D eigenvalue weighted by molar-refractivity contribution is -0.137. The maximum Gasteiger partial charge on any atom is 0.255 e. The molecule has 0 spiro atoms. The smallest absolute Gasteiger partial charge is 0.255 e. The Hall–Kier alpha value is -2.42. The molecule has 0 radical (unpaired) electrons. The summed E-state index contributed by atoms with van der Waals surface area (Å²) in [5.74, 6) is 0.307. The normalized spacial score (nSPS) is 18.9. The average molecular weight is 546 g/mol. The lowest BCUT2D eigenvalue weighted by atomic mass is 9.90. The van der Waals surface area contributed by atoms with Gasteiger partial charge >= 0.3 is 0 Å². The van der Waals surface area contributed by atoms with Gasteiger partial charge < -0.3 is 19.9 Å². The van der Waals surface area contributed by atoms with E-state index in [2.05, 4.69) is 17.1 Å². The van der Waals surface area contributed by atoms with Crippen molar-refractivity contribution in [3.05, 3.63) is 53.1 Å². The standard InChI is InChI=1S/C28H36ClN3O4S/c1-28(36-2)11-15-32(16-12-28)26(33)17-20-9-13-31(14-10-20)25-8-7-23(37(3)35)19-24(25)30-27(34)21-5-4-6-22(29)18-21/h4-8,18-20H,9-17H2,1-3H3,(H,30,34). The van der Waals surface area contributed by atoms with E-state index in [-0.39, 0.29) is 17.4 Å². The molecule has 2 aliphatic heterocycles. The number of hydrogen-bond acceptors (Lipinski definition) is 5. The summed E-state index contributed by atoms with van der Waals surface area (Å²) in [6.07, 6.45) is 5.74. The van der Waals surface area contributed by atoms with Crippen molar-refractivity contribution in [2.75, 3.05) is 49.8 Å². The van der Waals surface area contributed by atoms with Gasteiger partial charge in [0.15, 0.2) is 0 Å². The number of benzene rings is 2. The summed E-state index contributed by atoms with van der Waals surface area (Å²) in [5, 5.41) is 3.49. The van der Waals surface area contributed by atoms with Gasteiger partial charge in [-0.2, -0.15) is 0 Å². The minimum atomic E-state index is -1.18. The summed E-state index contributed by atoms with van der Waals surface area (Å²) in [4.78, 5) is 30.8. The largest absolute Gasteiger partial charge is 0.378 e. The Morgan fingerprint density at radius 3 is 2.43 bits per heavy atom. The summed E-state index contributed by atoms with van der Waals surface area (Å²) >= 11 is 6.07. The van der Waals surface area contributed by atoms with Crippen molar-refractivity contribution in [2.24, 2.45) is 5.92 Å². The van der Waals surface area contributed by atoms with Crippen LogP contribution < -0.4 is 10.2 Å². The van der Waals surface area contributed by atoms with E-state index in [9.17, 15) is 13.8 Å². The second kappa shape index (κ2) is 12.0. The first-order valence-electron chi connectivity index (χ1n) is 12.8. The van der Waals surface area contributed by atoms with Crippen LogP contribution in [0.15, 0.2) is 47.4 Å². The number of ether oxygens (including phenoxy) is 1. The van der Waals surface area contributed by atoms with E-state index < -0.39 is 10.8 Å². The molecule has 2 saturated heterocycles. The molecule has 2 aliphatic rings. The van der Waals surface area contributed by atoms with Gasteiger partial charge in [0.05, 0.1) is 17.0 Å². The van der Waals surface area contributed by atoms with Gasteiger partial charge in [-0.15, -0.1) is 0 Å². The van der Waals surface area contributed by atoms with Crippen molar-refractivity contribution >= 4 is 45.6 Å². The highest BCUT2D eigenvalue weighted by Gasteiger charge is 2.33.